The maximum absolute atomic E-state index is 9.77. The summed E-state index contributed by atoms with van der Waals surface area (Å²) in [6.07, 6.45) is 0. The molecule has 0 atom stereocenters. The summed E-state index contributed by atoms with van der Waals surface area (Å²) in [5.41, 5.74) is 4.37. The van der Waals surface area contributed by atoms with Gasteiger partial charge in [-0.3, -0.25) is 4.79 Å². The van der Waals surface area contributed by atoms with Crippen molar-refractivity contribution in [2.45, 2.75) is 0 Å². The topological polar surface area (TPSA) is 92.8 Å². The third-order valence-electron chi connectivity index (χ3n) is 1.56. The molecule has 0 unspecified atom stereocenters. The van der Waals surface area contributed by atoms with Gasteiger partial charge in [-0.25, -0.2) is 0 Å². The summed E-state index contributed by atoms with van der Waals surface area (Å²) in [6.45, 7) is -0.314. The van der Waals surface area contributed by atoms with Crippen molar-refractivity contribution in [1.82, 2.24) is 0 Å². The maximum atomic E-state index is 9.77. The van der Waals surface area contributed by atoms with E-state index < -0.39 is 5.41 Å². The van der Waals surface area contributed by atoms with Crippen molar-refractivity contribution < 1.29 is 19.7 Å². The molecule has 5 heteroatoms. The number of hydrogen-bond donors (Lipinski definition) is 3. The van der Waals surface area contributed by atoms with Gasteiger partial charge in [0, 0.05) is 6.54 Å². The summed E-state index contributed by atoms with van der Waals surface area (Å²) in [7, 11) is 0. The van der Waals surface area contributed by atoms with E-state index in [0.29, 0.717) is 0 Å². The first-order chi connectivity index (χ1) is 5.24. The van der Waals surface area contributed by atoms with Crippen LogP contribution in [0.5, 0.6) is 0 Å². The van der Waals surface area contributed by atoms with Crippen LogP contribution in [0, 0.1) is 5.41 Å². The van der Waals surface area contributed by atoms with Crippen LogP contribution in [0.25, 0.3) is 0 Å². The predicted molar refractivity (Wildman–Crippen MR) is 37.7 cm³/mol. The number of carbonyl (C=O) groups excluding carboxylic acids is 1. The van der Waals surface area contributed by atoms with Crippen LogP contribution in [0.3, 0.4) is 0 Å². The lowest BCUT2D eigenvalue weighted by Crippen LogP contribution is -2.42. The molecule has 0 heterocycles. The first-order valence-electron chi connectivity index (χ1n) is 3.21. The van der Waals surface area contributed by atoms with Crippen molar-refractivity contribution in [3.05, 3.63) is 0 Å². The molecule has 0 aliphatic rings. The molecule has 0 aliphatic carbocycles. The molecule has 0 saturated heterocycles. The van der Waals surface area contributed by atoms with Gasteiger partial charge in [0.2, 0.25) is 0 Å². The fraction of sp³-hybridized carbons (Fsp3) is 0.833. The fourth-order valence-electron chi connectivity index (χ4n) is 0.540. The molecule has 11 heavy (non-hydrogen) atoms. The third kappa shape index (κ3) is 2.83. The molecule has 5 nitrogen and oxygen atoms in total. The van der Waals surface area contributed by atoms with E-state index >= 15 is 0 Å². The monoisotopic (exact) mass is 163 g/mol. The highest BCUT2D eigenvalue weighted by atomic mass is 16.5. The van der Waals surface area contributed by atoms with Gasteiger partial charge in [0.1, 0.15) is 6.61 Å². The Kier molecular flexibility index (Phi) is 4.76. The molecule has 0 saturated carbocycles. The first kappa shape index (κ1) is 10.3. The van der Waals surface area contributed by atoms with Crippen molar-refractivity contribution in [2.24, 2.45) is 11.1 Å². The molecule has 0 aromatic carbocycles. The zero-order valence-electron chi connectivity index (χ0n) is 6.19. The predicted octanol–water partition coefficient (Wildman–Crippen LogP) is -1.91. The quantitative estimate of drug-likeness (QED) is 0.397. The minimum absolute atomic E-state index is 0.0556. The Morgan fingerprint density at radius 3 is 2.27 bits per heavy atom. The normalized spacial score (nSPS) is 11.2. The minimum Gasteiger partial charge on any atom is -0.467 e. The Balaban J connectivity index is 3.93. The van der Waals surface area contributed by atoms with Crippen LogP contribution in [-0.2, 0) is 9.53 Å². The van der Waals surface area contributed by atoms with E-state index in [1.54, 1.807) is 0 Å². The summed E-state index contributed by atoms with van der Waals surface area (Å²) < 4.78 is 4.39. The second kappa shape index (κ2) is 5.06. The molecule has 0 rings (SSSR count). The second-order valence-electron chi connectivity index (χ2n) is 2.43. The van der Waals surface area contributed by atoms with Crippen LogP contribution < -0.4 is 5.73 Å². The minimum atomic E-state index is -0.888. The Hall–Kier alpha value is -0.650. The summed E-state index contributed by atoms with van der Waals surface area (Å²) in [6, 6.07) is 0. The van der Waals surface area contributed by atoms with E-state index in [4.69, 9.17) is 15.9 Å². The molecule has 0 aromatic heterocycles. The lowest BCUT2D eigenvalue weighted by atomic mass is 9.92. The highest BCUT2D eigenvalue weighted by molar-refractivity contribution is 5.37. The van der Waals surface area contributed by atoms with Crippen LogP contribution in [-0.4, -0.2) is 43.1 Å². The van der Waals surface area contributed by atoms with Crippen molar-refractivity contribution in [2.75, 3.05) is 26.4 Å². The first-order valence-corrected chi connectivity index (χ1v) is 3.21. The standard InChI is InChI=1S/C6H13NO4/c7-1-6(2-8,3-9)4-11-5-10/h5,8-9H,1-4,7H2. The molecule has 4 N–H and O–H groups in total. The van der Waals surface area contributed by atoms with Gasteiger partial charge in [-0.2, -0.15) is 0 Å². The molecule has 66 valence electrons. The van der Waals surface area contributed by atoms with Crippen LogP contribution in [0.4, 0.5) is 0 Å². The van der Waals surface area contributed by atoms with Crippen LogP contribution in [0.2, 0.25) is 0 Å². The van der Waals surface area contributed by atoms with E-state index in [2.05, 4.69) is 4.74 Å². The van der Waals surface area contributed by atoms with Crippen molar-refractivity contribution in [3.63, 3.8) is 0 Å². The van der Waals surface area contributed by atoms with Gasteiger partial charge in [-0.05, 0) is 0 Å². The SMILES string of the molecule is NCC(CO)(CO)COC=O. The van der Waals surface area contributed by atoms with E-state index in [1.165, 1.54) is 0 Å². The zero-order chi connectivity index (χ0) is 8.74. The molecular weight excluding hydrogens is 150 g/mol. The van der Waals surface area contributed by atoms with E-state index in [0.717, 1.165) is 0 Å². The molecule has 0 fully saturated rings. The number of carbonyl (C=O) groups is 1. The number of nitrogens with two attached hydrogens (primary N) is 1. The van der Waals surface area contributed by atoms with Crippen LogP contribution in [0.1, 0.15) is 0 Å². The van der Waals surface area contributed by atoms with Gasteiger partial charge in [0.15, 0.2) is 0 Å². The van der Waals surface area contributed by atoms with E-state index in [1.807, 2.05) is 0 Å². The van der Waals surface area contributed by atoms with Crippen LogP contribution in [0.15, 0.2) is 0 Å². The van der Waals surface area contributed by atoms with Crippen molar-refractivity contribution in [3.8, 4) is 0 Å². The Bertz CT molecular complexity index is 105. The molecule has 0 bridgehead atoms. The lowest BCUT2D eigenvalue weighted by molar-refractivity contribution is -0.134. The molecule has 0 spiro atoms. The third-order valence-corrected chi connectivity index (χ3v) is 1.56. The van der Waals surface area contributed by atoms with E-state index in [-0.39, 0.29) is 32.8 Å². The average Bonchev–Trinajstić information content (AvgIpc) is 2.08. The summed E-state index contributed by atoms with van der Waals surface area (Å²) in [5, 5.41) is 17.5. The van der Waals surface area contributed by atoms with E-state index in [9.17, 15) is 4.79 Å². The van der Waals surface area contributed by atoms with Crippen molar-refractivity contribution in [1.29, 1.82) is 0 Å². The molecule has 0 aromatic rings. The lowest BCUT2D eigenvalue weighted by Gasteiger charge is -2.25. The zero-order valence-corrected chi connectivity index (χ0v) is 6.19. The fourth-order valence-corrected chi connectivity index (χ4v) is 0.540. The second-order valence-corrected chi connectivity index (χ2v) is 2.43. The van der Waals surface area contributed by atoms with Gasteiger partial charge in [-0.1, -0.05) is 0 Å². The molecule has 0 amide bonds. The van der Waals surface area contributed by atoms with Gasteiger partial charge in [0.05, 0.1) is 18.6 Å². The van der Waals surface area contributed by atoms with Gasteiger partial charge in [-0.15, -0.1) is 0 Å². The number of hydrogen-bond acceptors (Lipinski definition) is 5. The number of aliphatic hydroxyl groups is 2. The summed E-state index contributed by atoms with van der Waals surface area (Å²) in [4.78, 5) is 9.77. The van der Waals surface area contributed by atoms with Gasteiger partial charge >= 0.3 is 0 Å². The number of ether oxygens (including phenoxy) is 1. The highest BCUT2D eigenvalue weighted by Gasteiger charge is 2.27. The molecular formula is C6H13NO4. The Morgan fingerprint density at radius 2 is 2.00 bits per heavy atom. The van der Waals surface area contributed by atoms with Crippen LogP contribution >= 0.6 is 0 Å². The van der Waals surface area contributed by atoms with Gasteiger partial charge < -0.3 is 20.7 Å². The highest BCUT2D eigenvalue weighted by Crippen LogP contribution is 2.12. The largest absolute Gasteiger partial charge is 0.467 e. The smallest absolute Gasteiger partial charge is 0.293 e. The Morgan fingerprint density at radius 1 is 1.45 bits per heavy atom. The van der Waals surface area contributed by atoms with Gasteiger partial charge in [0.25, 0.3) is 6.47 Å². The number of rotatable bonds is 6. The summed E-state index contributed by atoms with van der Waals surface area (Å²) >= 11 is 0. The maximum Gasteiger partial charge on any atom is 0.293 e. The Labute approximate surface area is 64.8 Å². The summed E-state index contributed by atoms with van der Waals surface area (Å²) in [5.74, 6) is 0. The van der Waals surface area contributed by atoms with Crippen molar-refractivity contribution >= 4 is 6.47 Å². The average molecular weight is 163 g/mol. The molecule has 0 radical (unpaired) electrons. The molecule has 0 aliphatic heterocycles. The number of aliphatic hydroxyl groups excluding tert-OH is 2.